The normalized spacial score (nSPS) is 22.1. The zero-order valence-electron chi connectivity index (χ0n) is 15.3. The maximum absolute atomic E-state index is 13.1. The number of nitrogens with zero attached hydrogens (tertiary/aromatic N) is 4. The number of aromatic nitrogens is 3. The highest BCUT2D eigenvalue weighted by Crippen LogP contribution is 2.38. The molecule has 28 heavy (non-hydrogen) atoms. The number of piperidine rings is 1. The number of fused-ring (bicyclic) bond motifs is 4. The molecule has 5 rings (SSSR count). The van der Waals surface area contributed by atoms with Gasteiger partial charge < -0.3 is 0 Å². The van der Waals surface area contributed by atoms with Crippen LogP contribution in [0.3, 0.4) is 0 Å². The Morgan fingerprint density at radius 2 is 1.86 bits per heavy atom. The fourth-order valence-electron chi connectivity index (χ4n) is 4.72. The van der Waals surface area contributed by atoms with Crippen LogP contribution in [0.2, 0.25) is 10.0 Å². The van der Waals surface area contributed by atoms with Crippen LogP contribution in [0.1, 0.15) is 36.6 Å². The summed E-state index contributed by atoms with van der Waals surface area (Å²) < 4.78 is 1.85. The Kier molecular flexibility index (Phi) is 4.62. The molecule has 0 radical (unpaired) electrons. The molecule has 3 aromatic rings. The molecule has 1 aromatic carbocycles. The Balaban J connectivity index is 1.55. The van der Waals surface area contributed by atoms with Gasteiger partial charge in [-0.1, -0.05) is 23.2 Å². The number of likely N-dealkylation sites (tertiary alicyclic amines) is 1. The van der Waals surface area contributed by atoms with Gasteiger partial charge in [0.1, 0.15) is 5.82 Å². The lowest BCUT2D eigenvalue weighted by molar-refractivity contribution is 0.0888. The van der Waals surface area contributed by atoms with Crippen LogP contribution in [0.5, 0.6) is 0 Å². The summed E-state index contributed by atoms with van der Waals surface area (Å²) in [5.74, 6) is 1.16. The smallest absolute Gasteiger partial charge is 0.261 e. The van der Waals surface area contributed by atoms with Gasteiger partial charge in [0.2, 0.25) is 0 Å². The van der Waals surface area contributed by atoms with Crippen molar-refractivity contribution >= 4 is 34.1 Å². The fourth-order valence-corrected chi connectivity index (χ4v) is 5.05. The second kappa shape index (κ2) is 7.14. The highest BCUT2D eigenvalue weighted by molar-refractivity contribution is 6.42. The molecule has 2 aliphatic heterocycles. The van der Waals surface area contributed by atoms with E-state index in [2.05, 4.69) is 22.0 Å². The maximum Gasteiger partial charge on any atom is 0.261 e. The minimum Gasteiger partial charge on any atom is -0.296 e. The molecule has 1 saturated heterocycles. The number of benzene rings is 1. The quantitative estimate of drug-likeness (QED) is 0.628. The lowest BCUT2D eigenvalue weighted by Crippen LogP contribution is -2.49. The van der Waals surface area contributed by atoms with Gasteiger partial charge in [0.05, 0.1) is 20.9 Å². The van der Waals surface area contributed by atoms with E-state index >= 15 is 0 Å². The standard InChI is InChI=1S/C21H20Cl2N4O/c22-16-10-15-18(11-17(16)23)25-20-14-2-1-8-26(12-13-3-6-24-7-4-13)19(14)5-9-27(20)21(15)28/h3-4,6-7,10-11,14,19H,1-2,5,8-9,12H2/t14-,19+/m0/s1. The number of hydrogen-bond donors (Lipinski definition) is 0. The Bertz CT molecular complexity index is 1100. The van der Waals surface area contributed by atoms with Crippen molar-refractivity contribution in [2.45, 2.75) is 44.3 Å². The van der Waals surface area contributed by atoms with Crippen LogP contribution < -0.4 is 5.56 Å². The van der Waals surface area contributed by atoms with Crippen molar-refractivity contribution in [3.05, 3.63) is 68.4 Å². The third-order valence-corrected chi connectivity index (χ3v) is 6.76. The van der Waals surface area contributed by atoms with Gasteiger partial charge in [-0.2, -0.15) is 0 Å². The van der Waals surface area contributed by atoms with Crippen molar-refractivity contribution in [1.82, 2.24) is 19.4 Å². The van der Waals surface area contributed by atoms with Gasteiger partial charge in [0.25, 0.3) is 5.56 Å². The Morgan fingerprint density at radius 1 is 1.07 bits per heavy atom. The molecule has 5 nitrogen and oxygen atoms in total. The van der Waals surface area contributed by atoms with E-state index in [4.69, 9.17) is 28.2 Å². The summed E-state index contributed by atoms with van der Waals surface area (Å²) in [4.78, 5) is 24.6. The minimum absolute atomic E-state index is 0.0109. The molecule has 144 valence electrons. The predicted molar refractivity (Wildman–Crippen MR) is 111 cm³/mol. The van der Waals surface area contributed by atoms with E-state index in [1.54, 1.807) is 12.1 Å². The van der Waals surface area contributed by atoms with Crippen LogP contribution in [-0.4, -0.2) is 32.0 Å². The largest absolute Gasteiger partial charge is 0.296 e. The van der Waals surface area contributed by atoms with Crippen molar-refractivity contribution < 1.29 is 0 Å². The zero-order chi connectivity index (χ0) is 19.3. The summed E-state index contributed by atoms with van der Waals surface area (Å²) in [6, 6.07) is 7.90. The molecule has 2 aromatic heterocycles. The molecule has 2 atom stereocenters. The predicted octanol–water partition coefficient (Wildman–Crippen LogP) is 4.25. The first kappa shape index (κ1) is 18.1. The van der Waals surface area contributed by atoms with E-state index in [1.165, 1.54) is 5.56 Å². The average molecular weight is 415 g/mol. The highest BCUT2D eigenvalue weighted by Gasteiger charge is 2.38. The van der Waals surface area contributed by atoms with Crippen molar-refractivity contribution in [3.8, 4) is 0 Å². The Labute approximate surface area is 172 Å². The second-order valence-electron chi connectivity index (χ2n) is 7.64. The molecular formula is C21H20Cl2N4O. The van der Waals surface area contributed by atoms with Crippen LogP contribution >= 0.6 is 23.2 Å². The SMILES string of the molecule is O=c1c2cc(Cl)c(Cl)cc2nc2n1CC[C@@H]1[C@@H]2CCCN1Cc1ccncc1. The third kappa shape index (κ3) is 3.02. The van der Waals surface area contributed by atoms with E-state index in [0.717, 1.165) is 38.2 Å². The van der Waals surface area contributed by atoms with Crippen LogP contribution in [-0.2, 0) is 13.1 Å². The summed E-state index contributed by atoms with van der Waals surface area (Å²) in [7, 11) is 0. The summed E-state index contributed by atoms with van der Waals surface area (Å²) >= 11 is 12.3. The summed E-state index contributed by atoms with van der Waals surface area (Å²) in [5.41, 5.74) is 1.90. The van der Waals surface area contributed by atoms with E-state index < -0.39 is 0 Å². The number of pyridine rings is 1. The van der Waals surface area contributed by atoms with Gasteiger partial charge >= 0.3 is 0 Å². The van der Waals surface area contributed by atoms with E-state index in [9.17, 15) is 4.79 Å². The van der Waals surface area contributed by atoms with Gasteiger partial charge in [0, 0.05) is 37.4 Å². The fraction of sp³-hybridized carbons (Fsp3) is 0.381. The number of hydrogen-bond acceptors (Lipinski definition) is 4. The highest BCUT2D eigenvalue weighted by atomic mass is 35.5. The molecule has 0 spiro atoms. The Hall–Kier alpha value is -1.95. The lowest BCUT2D eigenvalue weighted by atomic mass is 9.83. The molecule has 2 aliphatic rings. The summed E-state index contributed by atoms with van der Waals surface area (Å²) in [6.07, 6.45) is 6.79. The molecule has 0 unspecified atom stereocenters. The number of rotatable bonds is 2. The first-order valence-corrected chi connectivity index (χ1v) is 10.4. The molecular weight excluding hydrogens is 395 g/mol. The van der Waals surface area contributed by atoms with Crippen molar-refractivity contribution in [3.63, 3.8) is 0 Å². The second-order valence-corrected chi connectivity index (χ2v) is 8.46. The lowest BCUT2D eigenvalue weighted by Gasteiger charge is -2.44. The summed E-state index contributed by atoms with van der Waals surface area (Å²) in [5, 5.41) is 1.37. The van der Waals surface area contributed by atoms with Crippen LogP contribution in [0.25, 0.3) is 10.9 Å². The molecule has 7 heteroatoms. The van der Waals surface area contributed by atoms with Crippen molar-refractivity contribution in [2.75, 3.05) is 6.54 Å². The summed E-state index contributed by atoms with van der Waals surface area (Å²) in [6.45, 7) is 2.66. The van der Waals surface area contributed by atoms with Crippen molar-refractivity contribution in [2.24, 2.45) is 0 Å². The third-order valence-electron chi connectivity index (χ3n) is 6.03. The maximum atomic E-state index is 13.1. The van der Waals surface area contributed by atoms with E-state index in [-0.39, 0.29) is 11.5 Å². The first-order chi connectivity index (χ1) is 13.6. The molecule has 0 saturated carbocycles. The van der Waals surface area contributed by atoms with Gasteiger partial charge in [-0.15, -0.1) is 0 Å². The topological polar surface area (TPSA) is 51.0 Å². The van der Waals surface area contributed by atoms with E-state index in [1.807, 2.05) is 17.0 Å². The molecule has 0 N–H and O–H groups in total. The monoisotopic (exact) mass is 414 g/mol. The van der Waals surface area contributed by atoms with E-state index in [0.29, 0.717) is 33.5 Å². The van der Waals surface area contributed by atoms with Crippen LogP contribution in [0, 0.1) is 0 Å². The van der Waals surface area contributed by atoms with Gasteiger partial charge in [0.15, 0.2) is 0 Å². The molecule has 0 aliphatic carbocycles. The van der Waals surface area contributed by atoms with Gasteiger partial charge in [-0.25, -0.2) is 4.98 Å². The van der Waals surface area contributed by atoms with Gasteiger partial charge in [-0.05, 0) is 55.6 Å². The first-order valence-electron chi connectivity index (χ1n) is 9.64. The molecule has 1 fully saturated rings. The molecule has 0 amide bonds. The molecule has 0 bridgehead atoms. The Morgan fingerprint density at radius 3 is 2.68 bits per heavy atom. The van der Waals surface area contributed by atoms with Crippen LogP contribution in [0.4, 0.5) is 0 Å². The van der Waals surface area contributed by atoms with Crippen LogP contribution in [0.15, 0.2) is 41.5 Å². The number of halogens is 2. The van der Waals surface area contributed by atoms with Gasteiger partial charge in [-0.3, -0.25) is 19.2 Å². The average Bonchev–Trinajstić information content (AvgIpc) is 2.71. The minimum atomic E-state index is -0.0109. The van der Waals surface area contributed by atoms with Crippen molar-refractivity contribution in [1.29, 1.82) is 0 Å². The molecule has 4 heterocycles. The zero-order valence-corrected chi connectivity index (χ0v) is 16.8.